The Balaban J connectivity index is 0.000000155. The van der Waals surface area contributed by atoms with Crippen molar-refractivity contribution in [2.75, 3.05) is 0 Å². The second-order valence-corrected chi connectivity index (χ2v) is 36.1. The molecule has 16 aromatic rings. The van der Waals surface area contributed by atoms with Crippen LogP contribution in [0.25, 0.3) is 126 Å². The van der Waals surface area contributed by atoms with Crippen LogP contribution >= 0.6 is 132 Å². The first-order valence-electron chi connectivity index (χ1n) is 34.0. The van der Waals surface area contributed by atoms with Crippen molar-refractivity contribution in [2.45, 2.75) is 207 Å². The highest BCUT2D eigenvalue weighted by Gasteiger charge is 2.33. The van der Waals surface area contributed by atoms with Crippen molar-refractivity contribution in [1.82, 2.24) is 37.5 Å². The van der Waals surface area contributed by atoms with Crippen molar-refractivity contribution in [1.29, 1.82) is 0 Å². The van der Waals surface area contributed by atoms with Crippen LogP contribution in [0.15, 0.2) is 58.6 Å². The third kappa shape index (κ3) is 10.9. The number of aryl methyl sites for hydroxylation is 4. The zero-order valence-electron chi connectivity index (χ0n) is 53.3. The van der Waals surface area contributed by atoms with E-state index in [4.69, 9.17) is 19.9 Å². The molecule has 0 radical (unpaired) electrons. The Kier molecular flexibility index (Phi) is 19.1. The van der Waals surface area contributed by atoms with Gasteiger partial charge in [-0.2, -0.15) is 0 Å². The highest BCUT2D eigenvalue weighted by Crippen LogP contribution is 2.50. The molecule has 0 aliphatic carbocycles. The molecule has 0 aliphatic heterocycles. The monoisotopic (exact) mass is 1620 g/mol. The Morgan fingerprint density at radius 2 is 0.638 bits per heavy atom. The molecule has 94 heavy (non-hydrogen) atoms. The fourth-order valence-corrected chi connectivity index (χ4v) is 23.7. The van der Waals surface area contributed by atoms with Crippen LogP contribution < -0.4 is 22.2 Å². The van der Waals surface area contributed by atoms with Crippen LogP contribution in [0.5, 0.6) is 0 Å². The fourth-order valence-electron chi connectivity index (χ4n) is 15.3. The number of halogens is 4. The van der Waals surface area contributed by atoms with Crippen LogP contribution in [0.3, 0.4) is 0 Å². The predicted octanol–water partition coefficient (Wildman–Crippen LogP) is 23.7. The molecule has 16 rings (SSSR count). The van der Waals surface area contributed by atoms with Crippen LogP contribution in [-0.2, 0) is 25.7 Å². The van der Waals surface area contributed by atoms with Crippen molar-refractivity contribution in [3.63, 3.8) is 0 Å². The summed E-state index contributed by atoms with van der Waals surface area (Å²) in [5, 5.41) is 11.4. The molecule has 0 fully saturated rings. The van der Waals surface area contributed by atoms with Crippen LogP contribution in [0.2, 0.25) is 0 Å². The third-order valence-corrected chi connectivity index (χ3v) is 28.6. The highest BCUT2D eigenvalue weighted by atomic mass is 79.9. The summed E-state index contributed by atoms with van der Waals surface area (Å²) in [5.74, 6) is 0. The first-order valence-corrected chi connectivity index (χ1v) is 42.2. The van der Waals surface area contributed by atoms with Crippen molar-refractivity contribution < 1.29 is 0 Å². The molecule has 0 bridgehead atoms. The molecular weight excluding hydrogens is 1550 g/mol. The Hall–Kier alpha value is -4.36. The number of hydrogen-bond donors (Lipinski definition) is 0. The third-order valence-electron chi connectivity index (χ3n) is 19.7. The summed E-state index contributed by atoms with van der Waals surface area (Å²) in [6, 6.07) is 4.03. The molecule has 0 N–H and O–H groups in total. The van der Waals surface area contributed by atoms with E-state index in [-0.39, 0.29) is 22.2 Å². The summed E-state index contributed by atoms with van der Waals surface area (Å²) in [5.41, 5.74) is 10.8. The number of unbranched alkanes of at least 4 members (excludes halogenated alkanes) is 20. The van der Waals surface area contributed by atoms with Crippen LogP contribution in [0.4, 0.5) is 0 Å². The minimum absolute atomic E-state index is 0.00680. The summed E-state index contributed by atoms with van der Waals surface area (Å²) >= 11 is 23.9. The average Bonchev–Trinajstić information content (AvgIpc) is 1.49. The number of nitrogens with zero attached hydrogens (tertiary/aromatic N) is 8. The first kappa shape index (κ1) is 65.6. The molecule has 0 spiro atoms. The van der Waals surface area contributed by atoms with E-state index in [2.05, 4.69) is 91.4 Å². The first-order chi connectivity index (χ1) is 45.9. The minimum Gasteiger partial charge on any atom is -0.268 e. The number of thiophene rings is 6. The van der Waals surface area contributed by atoms with Crippen molar-refractivity contribution in [3.05, 3.63) is 103 Å². The van der Waals surface area contributed by atoms with Gasteiger partial charge in [0.25, 0.3) is 22.2 Å². The molecule has 488 valence electrons. The molecule has 22 heteroatoms. The lowest BCUT2D eigenvalue weighted by Gasteiger charge is -2.18. The molecule has 2 aromatic carbocycles. The zero-order valence-corrected chi connectivity index (χ0v) is 64.5. The molecule has 0 unspecified atom stereocenters. The van der Waals surface area contributed by atoms with Gasteiger partial charge in [0.1, 0.15) is 51.0 Å². The molecular formula is C72H72Br4N8O4S6. The second-order valence-electron chi connectivity index (χ2n) is 25.8. The van der Waals surface area contributed by atoms with E-state index >= 15 is 0 Å². The SMILES string of the molecule is CCCCCCCCc1c(CCCCCCCC)c2c3c(sc4c3c1c(=O)n1c3cc(Br)sc3nc41)c(=O)n1c3cc(Br)sc3nc21.CCCCCCCCc1c(CCCCCCCC)c2c3c(sc4c3c1c(=O)n1c4nc3scc(Br)c31)c(=O)n1c2nc2scc(Br)c21. The molecule has 0 aliphatic rings. The van der Waals surface area contributed by atoms with Crippen molar-refractivity contribution in [2.24, 2.45) is 0 Å². The molecule has 14 heterocycles. The number of hydrogen-bond acceptors (Lipinski definition) is 14. The topological polar surface area (TPSA) is 137 Å². The van der Waals surface area contributed by atoms with Crippen LogP contribution in [0, 0.1) is 0 Å². The van der Waals surface area contributed by atoms with Gasteiger partial charge in [-0.15, -0.1) is 68.0 Å². The van der Waals surface area contributed by atoms with Gasteiger partial charge in [-0.25, -0.2) is 19.9 Å². The molecule has 0 atom stereocenters. The summed E-state index contributed by atoms with van der Waals surface area (Å²) in [7, 11) is 0. The van der Waals surface area contributed by atoms with E-state index in [0.29, 0.717) is 20.7 Å². The summed E-state index contributed by atoms with van der Waals surface area (Å²) in [4.78, 5) is 82.5. The lowest BCUT2D eigenvalue weighted by Crippen LogP contribution is -2.17. The smallest absolute Gasteiger partial charge is 0.268 e. The highest BCUT2D eigenvalue weighted by molar-refractivity contribution is 9.11. The number of benzene rings is 2. The van der Waals surface area contributed by atoms with Gasteiger partial charge in [0.05, 0.1) is 47.7 Å². The van der Waals surface area contributed by atoms with Gasteiger partial charge in [-0.1, -0.05) is 156 Å². The van der Waals surface area contributed by atoms with Gasteiger partial charge in [-0.3, -0.25) is 36.8 Å². The lowest BCUT2D eigenvalue weighted by molar-refractivity contribution is 0.600. The molecule has 14 aromatic heterocycles. The Labute approximate surface area is 599 Å². The number of aromatic nitrogens is 8. The van der Waals surface area contributed by atoms with Crippen LogP contribution in [-0.4, -0.2) is 37.5 Å². The quantitative estimate of drug-likeness (QED) is 0.0349. The number of imidazole rings is 4. The summed E-state index contributed by atoms with van der Waals surface area (Å²) in [6.45, 7) is 9.02. The maximum atomic E-state index is 14.9. The predicted molar refractivity (Wildman–Crippen MR) is 419 cm³/mol. The van der Waals surface area contributed by atoms with Gasteiger partial charge in [0.2, 0.25) is 0 Å². The Morgan fingerprint density at radius 1 is 0.330 bits per heavy atom. The molecule has 12 nitrogen and oxygen atoms in total. The van der Waals surface area contributed by atoms with Gasteiger partial charge in [0, 0.05) is 43.1 Å². The van der Waals surface area contributed by atoms with E-state index in [0.717, 1.165) is 204 Å². The number of rotatable bonds is 28. The van der Waals surface area contributed by atoms with E-state index in [1.54, 1.807) is 34.0 Å². The second kappa shape index (κ2) is 27.4. The lowest BCUT2D eigenvalue weighted by atomic mass is 9.87. The van der Waals surface area contributed by atoms with E-state index < -0.39 is 0 Å². The van der Waals surface area contributed by atoms with Crippen molar-refractivity contribution in [3.8, 4) is 0 Å². The Bertz CT molecular complexity index is 5790. The van der Waals surface area contributed by atoms with E-state index in [1.807, 2.05) is 40.5 Å². The van der Waals surface area contributed by atoms with Gasteiger partial charge < -0.3 is 0 Å². The maximum absolute atomic E-state index is 14.9. The van der Waals surface area contributed by atoms with Crippen molar-refractivity contribution >= 4 is 258 Å². The summed E-state index contributed by atoms with van der Waals surface area (Å²) < 4.78 is 14.3. The largest absolute Gasteiger partial charge is 0.274 e. The molecule has 0 saturated heterocycles. The van der Waals surface area contributed by atoms with Gasteiger partial charge in [-0.05, 0) is 149 Å². The van der Waals surface area contributed by atoms with Gasteiger partial charge in [0.15, 0.2) is 11.3 Å². The number of fused-ring (bicyclic) bond motifs is 16. The average molecular weight is 1630 g/mol. The number of pyridine rings is 4. The van der Waals surface area contributed by atoms with Gasteiger partial charge >= 0.3 is 0 Å². The summed E-state index contributed by atoms with van der Waals surface area (Å²) in [6.07, 6.45) is 32.1. The fraction of sp³-hybridized carbons (Fsp3) is 0.444. The zero-order chi connectivity index (χ0) is 64.8. The standard InChI is InChI=1S/2C36H36Br2N4O2S3/c1-3-5-7-9-11-13-15-19-20(16-14-12-10-8-6-4-2)24-26-25-23(19)31-39-33-27(21(37)17-45-33)41(31)36(44)30(25)47-29(26)32-40-34-28(22(38)18-46-34)42(32)35(24)43;1-3-5-7-9-11-13-15-19-20(16-14-12-10-8-6-4-2)26-28-27-25(19)31-39-33-21(17-23(37)45-33)41(31)36(44)30(27)47-29(28)32-40-34-22(18-24(38)46-34)42(32)35(26)43/h2*17-18H,3-16H2,1-2H3. The van der Waals surface area contributed by atoms with E-state index in [1.165, 1.54) is 153 Å². The molecule has 0 saturated carbocycles. The molecule has 0 amide bonds. The maximum Gasteiger partial charge on any atom is 0.274 e. The van der Waals surface area contributed by atoms with Crippen LogP contribution in [0.1, 0.15) is 204 Å². The van der Waals surface area contributed by atoms with E-state index in [9.17, 15) is 19.2 Å². The minimum atomic E-state index is -0.0639. The normalized spacial score (nSPS) is 12.8. The Morgan fingerprint density at radius 3 is 1.07 bits per heavy atom.